The van der Waals surface area contributed by atoms with Crippen molar-refractivity contribution in [3.05, 3.63) is 64.9 Å². The number of nitrogens with zero attached hydrogens (tertiary/aromatic N) is 2. The molecule has 0 radical (unpaired) electrons. The van der Waals surface area contributed by atoms with Crippen LogP contribution in [-0.2, 0) is 16.9 Å². The Morgan fingerprint density at radius 3 is 2.71 bits per heavy atom. The van der Waals surface area contributed by atoms with Crippen LogP contribution in [0.25, 0.3) is 11.3 Å². The molecule has 4 rings (SSSR count). The van der Waals surface area contributed by atoms with Crippen molar-refractivity contribution >= 4 is 29.0 Å². The normalized spacial score (nSPS) is 15.1. The molecule has 1 aromatic heterocycles. The molecule has 0 saturated carbocycles. The van der Waals surface area contributed by atoms with Gasteiger partial charge in [0.1, 0.15) is 35.5 Å². The maximum absolute atomic E-state index is 13.9. The lowest BCUT2D eigenvalue weighted by Crippen LogP contribution is -2.49. The Morgan fingerprint density at radius 1 is 1.21 bits per heavy atom. The van der Waals surface area contributed by atoms with Gasteiger partial charge in [0.2, 0.25) is 5.91 Å². The van der Waals surface area contributed by atoms with Gasteiger partial charge in [0.05, 0.1) is 10.6 Å². The summed E-state index contributed by atoms with van der Waals surface area (Å²) < 4.78 is 29.4. The minimum absolute atomic E-state index is 0.00623. The van der Waals surface area contributed by atoms with Gasteiger partial charge in [-0.3, -0.25) is 4.79 Å². The van der Waals surface area contributed by atoms with Crippen LogP contribution in [-0.4, -0.2) is 15.5 Å². The number of benzene rings is 2. The predicted molar refractivity (Wildman–Crippen MR) is 103 cm³/mol. The van der Waals surface area contributed by atoms with Gasteiger partial charge in [0.25, 0.3) is 0 Å². The monoisotopic (exact) mass is 402 g/mol. The third-order valence-electron chi connectivity index (χ3n) is 4.56. The minimum Gasteiger partial charge on any atom is -0.342 e. The quantitative estimate of drug-likeness (QED) is 0.673. The van der Waals surface area contributed by atoms with Crippen LogP contribution < -0.4 is 10.6 Å². The summed E-state index contributed by atoms with van der Waals surface area (Å²) in [5, 5.41) is 6.02. The van der Waals surface area contributed by atoms with Crippen molar-refractivity contribution in [2.45, 2.75) is 25.9 Å². The number of aromatic nitrogens is 2. The Kier molecular flexibility index (Phi) is 4.34. The summed E-state index contributed by atoms with van der Waals surface area (Å²) in [7, 11) is 0. The molecule has 2 heterocycles. The second kappa shape index (κ2) is 6.60. The highest BCUT2D eigenvalue weighted by atomic mass is 35.5. The average Bonchev–Trinajstić information content (AvgIpc) is 2.97. The molecule has 28 heavy (non-hydrogen) atoms. The molecular formula is C20H17ClF2N4O. The number of anilines is 2. The summed E-state index contributed by atoms with van der Waals surface area (Å²) in [6, 6.07) is 10.3. The second-order valence-corrected chi connectivity index (χ2v) is 7.56. The van der Waals surface area contributed by atoms with Crippen LogP contribution >= 0.6 is 11.6 Å². The lowest BCUT2D eigenvalue weighted by molar-refractivity contribution is -0.124. The van der Waals surface area contributed by atoms with Crippen molar-refractivity contribution in [1.29, 1.82) is 0 Å². The van der Waals surface area contributed by atoms with Gasteiger partial charge in [-0.2, -0.15) is 0 Å². The van der Waals surface area contributed by atoms with Gasteiger partial charge in [-0.1, -0.05) is 23.7 Å². The zero-order chi connectivity index (χ0) is 20.1. The number of carbonyl (C=O) groups is 1. The van der Waals surface area contributed by atoms with Crippen molar-refractivity contribution in [2.24, 2.45) is 0 Å². The standard InChI is InChI=1S/C20H17ClF2N4O/c1-20(2)19-25-17(11-4-3-5-12(22)8-11)18(27(19)10-16(28)26-20)24-13-6-7-14(21)15(23)9-13/h3-9,24H,10H2,1-2H3,(H,26,28). The molecule has 2 aromatic carbocycles. The van der Waals surface area contributed by atoms with Crippen molar-refractivity contribution in [3.63, 3.8) is 0 Å². The van der Waals surface area contributed by atoms with Gasteiger partial charge < -0.3 is 15.2 Å². The van der Waals surface area contributed by atoms with E-state index >= 15 is 0 Å². The number of imidazole rings is 1. The van der Waals surface area contributed by atoms with Crippen LogP contribution in [0.2, 0.25) is 5.02 Å². The first-order valence-corrected chi connectivity index (χ1v) is 9.02. The molecule has 0 fully saturated rings. The highest BCUT2D eigenvalue weighted by Crippen LogP contribution is 2.37. The van der Waals surface area contributed by atoms with E-state index in [0.717, 1.165) is 0 Å². The summed E-state index contributed by atoms with van der Waals surface area (Å²) in [6.07, 6.45) is 0. The Bertz CT molecular complexity index is 1090. The fraction of sp³-hybridized carbons (Fsp3) is 0.200. The molecule has 0 aliphatic carbocycles. The topological polar surface area (TPSA) is 59.0 Å². The zero-order valence-electron chi connectivity index (χ0n) is 15.2. The summed E-state index contributed by atoms with van der Waals surface area (Å²) in [5.74, 6) is -0.0598. The van der Waals surface area contributed by atoms with E-state index < -0.39 is 17.2 Å². The number of fused-ring (bicyclic) bond motifs is 1. The number of amides is 1. The number of carbonyl (C=O) groups excluding carboxylic acids is 1. The molecule has 1 amide bonds. The first kappa shape index (κ1) is 18.4. The third-order valence-corrected chi connectivity index (χ3v) is 4.87. The van der Waals surface area contributed by atoms with Crippen molar-refractivity contribution in [2.75, 3.05) is 5.32 Å². The molecule has 1 aliphatic heterocycles. The number of halogens is 3. The highest BCUT2D eigenvalue weighted by molar-refractivity contribution is 6.30. The first-order valence-electron chi connectivity index (χ1n) is 8.64. The van der Waals surface area contributed by atoms with Gasteiger partial charge in [-0.05, 0) is 44.2 Å². The molecule has 0 saturated heterocycles. The van der Waals surface area contributed by atoms with E-state index in [2.05, 4.69) is 15.6 Å². The van der Waals surface area contributed by atoms with Gasteiger partial charge >= 0.3 is 0 Å². The molecule has 3 aromatic rings. The zero-order valence-corrected chi connectivity index (χ0v) is 15.9. The maximum atomic E-state index is 13.9. The van der Waals surface area contributed by atoms with Gasteiger partial charge in [-0.15, -0.1) is 0 Å². The van der Waals surface area contributed by atoms with E-state index in [1.807, 2.05) is 13.8 Å². The number of nitrogens with one attached hydrogen (secondary N) is 2. The van der Waals surface area contributed by atoms with Gasteiger partial charge in [0, 0.05) is 11.3 Å². The molecular weight excluding hydrogens is 386 g/mol. The summed E-state index contributed by atoms with van der Waals surface area (Å²) in [4.78, 5) is 16.9. The molecule has 2 N–H and O–H groups in total. The average molecular weight is 403 g/mol. The predicted octanol–water partition coefficient (Wildman–Crippen LogP) is 4.59. The molecule has 144 valence electrons. The van der Waals surface area contributed by atoms with E-state index in [9.17, 15) is 13.6 Å². The van der Waals surface area contributed by atoms with Crippen LogP contribution in [0.1, 0.15) is 19.7 Å². The largest absolute Gasteiger partial charge is 0.342 e. The third kappa shape index (κ3) is 3.22. The number of rotatable bonds is 3. The number of hydrogen-bond acceptors (Lipinski definition) is 3. The molecule has 5 nitrogen and oxygen atoms in total. The Morgan fingerprint density at radius 2 is 2.00 bits per heavy atom. The molecule has 1 aliphatic rings. The van der Waals surface area contributed by atoms with Gasteiger partial charge in [0.15, 0.2) is 0 Å². The van der Waals surface area contributed by atoms with Crippen LogP contribution in [0, 0.1) is 11.6 Å². The fourth-order valence-corrected chi connectivity index (χ4v) is 3.46. The van der Waals surface area contributed by atoms with Crippen LogP contribution in [0.5, 0.6) is 0 Å². The van der Waals surface area contributed by atoms with E-state index in [0.29, 0.717) is 28.6 Å². The molecule has 0 atom stereocenters. The van der Waals surface area contributed by atoms with E-state index in [1.54, 1.807) is 22.8 Å². The molecule has 8 heteroatoms. The van der Waals surface area contributed by atoms with Crippen molar-refractivity contribution in [3.8, 4) is 11.3 Å². The lowest BCUT2D eigenvalue weighted by atomic mass is 10.0. The molecule has 0 unspecified atom stereocenters. The fourth-order valence-electron chi connectivity index (χ4n) is 3.35. The van der Waals surface area contributed by atoms with Gasteiger partial charge in [-0.25, -0.2) is 13.8 Å². The van der Waals surface area contributed by atoms with Crippen LogP contribution in [0.4, 0.5) is 20.3 Å². The van der Waals surface area contributed by atoms with E-state index in [4.69, 9.17) is 11.6 Å². The minimum atomic E-state index is -0.720. The lowest BCUT2D eigenvalue weighted by Gasteiger charge is -2.31. The van der Waals surface area contributed by atoms with Crippen LogP contribution in [0.15, 0.2) is 42.5 Å². The molecule has 0 spiro atoms. The number of hydrogen-bond donors (Lipinski definition) is 2. The molecule has 0 bridgehead atoms. The summed E-state index contributed by atoms with van der Waals surface area (Å²) in [6.45, 7) is 3.72. The van der Waals surface area contributed by atoms with Crippen molar-refractivity contribution in [1.82, 2.24) is 14.9 Å². The second-order valence-electron chi connectivity index (χ2n) is 7.16. The summed E-state index contributed by atoms with van der Waals surface area (Å²) >= 11 is 5.76. The van der Waals surface area contributed by atoms with Crippen LogP contribution in [0.3, 0.4) is 0 Å². The highest BCUT2D eigenvalue weighted by Gasteiger charge is 2.36. The van der Waals surface area contributed by atoms with Crippen molar-refractivity contribution < 1.29 is 13.6 Å². The Balaban J connectivity index is 1.90. The summed E-state index contributed by atoms with van der Waals surface area (Å²) in [5.41, 5.74) is 0.727. The van der Waals surface area contributed by atoms with E-state index in [-0.39, 0.29) is 17.5 Å². The smallest absolute Gasteiger partial charge is 0.240 e. The Hall–Kier alpha value is -2.93. The maximum Gasteiger partial charge on any atom is 0.240 e. The SMILES string of the molecule is CC1(C)NC(=O)Cn2c1nc(-c1cccc(F)c1)c2Nc1ccc(Cl)c(F)c1. The van der Waals surface area contributed by atoms with E-state index in [1.165, 1.54) is 24.3 Å². The first-order chi connectivity index (χ1) is 13.2. The Labute approximate surface area is 165 Å².